The van der Waals surface area contributed by atoms with E-state index in [1.807, 2.05) is 43.9 Å². The molecule has 0 bridgehead atoms. The van der Waals surface area contributed by atoms with Crippen molar-refractivity contribution in [3.8, 4) is 11.3 Å². The summed E-state index contributed by atoms with van der Waals surface area (Å²) in [5.41, 5.74) is 4.27. The van der Waals surface area contributed by atoms with E-state index in [0.717, 1.165) is 54.3 Å². The first-order valence-corrected chi connectivity index (χ1v) is 9.48. The van der Waals surface area contributed by atoms with Crippen LogP contribution in [0.2, 0.25) is 0 Å². The lowest BCUT2D eigenvalue weighted by Gasteiger charge is -2.16. The predicted molar refractivity (Wildman–Crippen MR) is 104 cm³/mol. The van der Waals surface area contributed by atoms with Crippen LogP contribution in [0.4, 0.5) is 0 Å². The van der Waals surface area contributed by atoms with E-state index in [1.54, 1.807) is 12.4 Å². The van der Waals surface area contributed by atoms with E-state index >= 15 is 0 Å². The van der Waals surface area contributed by atoms with Crippen LogP contribution in [0.3, 0.4) is 0 Å². The van der Waals surface area contributed by atoms with Crippen LogP contribution in [-0.4, -0.2) is 44.0 Å². The minimum absolute atomic E-state index is 0.0000639. The van der Waals surface area contributed by atoms with Gasteiger partial charge >= 0.3 is 0 Å². The molecule has 1 fully saturated rings. The van der Waals surface area contributed by atoms with Gasteiger partial charge in [0.15, 0.2) is 0 Å². The number of rotatable bonds is 4. The van der Waals surface area contributed by atoms with Gasteiger partial charge in [0.25, 0.3) is 5.91 Å². The van der Waals surface area contributed by atoms with E-state index in [2.05, 4.69) is 15.1 Å². The van der Waals surface area contributed by atoms with Crippen LogP contribution < -0.4 is 0 Å². The highest BCUT2D eigenvalue weighted by Crippen LogP contribution is 2.27. The summed E-state index contributed by atoms with van der Waals surface area (Å²) in [6.07, 6.45) is 5.01. The molecule has 1 amide bonds. The van der Waals surface area contributed by atoms with Gasteiger partial charge in [-0.2, -0.15) is 0 Å². The zero-order valence-electron chi connectivity index (χ0n) is 16.3. The molecule has 0 saturated carbocycles. The molecule has 4 rings (SSSR count). The third-order valence-electron chi connectivity index (χ3n) is 5.20. The number of likely N-dealkylation sites (tertiary alicyclic amines) is 1. The van der Waals surface area contributed by atoms with Crippen molar-refractivity contribution in [1.29, 1.82) is 0 Å². The summed E-state index contributed by atoms with van der Waals surface area (Å²) in [6.45, 7) is 7.11. The van der Waals surface area contributed by atoms with Crippen molar-refractivity contribution in [2.75, 3.05) is 13.1 Å². The monoisotopic (exact) mass is 377 g/mol. The van der Waals surface area contributed by atoms with E-state index in [1.165, 1.54) is 0 Å². The van der Waals surface area contributed by atoms with Gasteiger partial charge in [0.2, 0.25) is 0 Å². The van der Waals surface area contributed by atoms with E-state index < -0.39 is 0 Å². The molecule has 1 atom stereocenters. The molecular formula is C21H23N5O2. The summed E-state index contributed by atoms with van der Waals surface area (Å²) in [7, 11) is 0. The molecular weight excluding hydrogens is 354 g/mol. The van der Waals surface area contributed by atoms with Crippen molar-refractivity contribution in [2.24, 2.45) is 5.92 Å². The summed E-state index contributed by atoms with van der Waals surface area (Å²) in [4.78, 5) is 27.6. The zero-order valence-corrected chi connectivity index (χ0v) is 16.3. The van der Waals surface area contributed by atoms with Crippen LogP contribution in [0.5, 0.6) is 0 Å². The number of hydrogen-bond donors (Lipinski definition) is 0. The van der Waals surface area contributed by atoms with Crippen LogP contribution in [-0.2, 0) is 6.42 Å². The van der Waals surface area contributed by atoms with E-state index in [0.29, 0.717) is 17.3 Å². The first-order chi connectivity index (χ1) is 13.5. The van der Waals surface area contributed by atoms with Crippen molar-refractivity contribution < 1.29 is 9.32 Å². The highest BCUT2D eigenvalue weighted by atomic mass is 16.5. The average Bonchev–Trinajstić information content (AvgIpc) is 3.28. The highest BCUT2D eigenvalue weighted by Gasteiger charge is 2.28. The Morgan fingerprint density at radius 2 is 2.00 bits per heavy atom. The largest absolute Gasteiger partial charge is 0.361 e. The first-order valence-electron chi connectivity index (χ1n) is 9.48. The first kappa shape index (κ1) is 18.3. The van der Waals surface area contributed by atoms with Crippen LogP contribution >= 0.6 is 0 Å². The summed E-state index contributed by atoms with van der Waals surface area (Å²) >= 11 is 0. The molecule has 0 aromatic carbocycles. The van der Waals surface area contributed by atoms with Crippen molar-refractivity contribution in [3.05, 3.63) is 59.1 Å². The standard InChI is InChI=1S/C21H23N5O2/c1-13-20(14(2)28-25-13)19-6-4-5-18(24-19)9-16-7-8-26(12-16)21(27)17-10-22-15(3)23-11-17/h4-6,10-11,16H,7-9,12H2,1-3H3. The van der Waals surface area contributed by atoms with Gasteiger partial charge in [0, 0.05) is 31.2 Å². The Balaban J connectivity index is 1.44. The van der Waals surface area contributed by atoms with Crippen LogP contribution in [0.25, 0.3) is 11.3 Å². The quantitative estimate of drug-likeness (QED) is 0.694. The Kier molecular flexibility index (Phi) is 4.90. The maximum absolute atomic E-state index is 12.7. The van der Waals surface area contributed by atoms with E-state index in [-0.39, 0.29) is 5.91 Å². The number of aromatic nitrogens is 4. The highest BCUT2D eigenvalue weighted by molar-refractivity contribution is 5.93. The topological polar surface area (TPSA) is 85.0 Å². The van der Waals surface area contributed by atoms with Gasteiger partial charge < -0.3 is 9.42 Å². The lowest BCUT2D eigenvalue weighted by atomic mass is 10.0. The molecule has 3 aromatic rings. The third-order valence-corrected chi connectivity index (χ3v) is 5.20. The van der Waals surface area contributed by atoms with Gasteiger partial charge in [-0.25, -0.2) is 9.97 Å². The Morgan fingerprint density at radius 1 is 1.21 bits per heavy atom. The third kappa shape index (κ3) is 3.65. The number of aryl methyl sites for hydroxylation is 3. The van der Waals surface area contributed by atoms with Gasteiger partial charge in [-0.15, -0.1) is 0 Å². The fraction of sp³-hybridized carbons (Fsp3) is 0.381. The number of amides is 1. The van der Waals surface area contributed by atoms with Gasteiger partial charge in [-0.05, 0) is 51.7 Å². The molecule has 0 aliphatic carbocycles. The van der Waals surface area contributed by atoms with Gasteiger partial charge in [-0.1, -0.05) is 11.2 Å². The Labute approximate surface area is 163 Å². The molecule has 0 N–H and O–H groups in total. The van der Waals surface area contributed by atoms with Gasteiger partial charge in [0.1, 0.15) is 11.6 Å². The number of carbonyl (C=O) groups excluding carboxylic acids is 1. The second kappa shape index (κ2) is 7.50. The van der Waals surface area contributed by atoms with Crippen molar-refractivity contribution in [1.82, 2.24) is 25.0 Å². The normalized spacial score (nSPS) is 16.5. The average molecular weight is 377 g/mol. The Bertz CT molecular complexity index is 977. The van der Waals surface area contributed by atoms with Crippen molar-refractivity contribution in [3.63, 3.8) is 0 Å². The molecule has 7 nitrogen and oxygen atoms in total. The smallest absolute Gasteiger partial charge is 0.256 e. The number of hydrogen-bond acceptors (Lipinski definition) is 6. The minimum Gasteiger partial charge on any atom is -0.361 e. The summed E-state index contributed by atoms with van der Waals surface area (Å²) in [6, 6.07) is 6.04. The van der Waals surface area contributed by atoms with Crippen molar-refractivity contribution >= 4 is 5.91 Å². The Hall–Kier alpha value is -3.09. The zero-order chi connectivity index (χ0) is 19.7. The molecule has 3 aromatic heterocycles. The predicted octanol–water partition coefficient (Wildman–Crippen LogP) is 3.16. The molecule has 1 saturated heterocycles. The molecule has 7 heteroatoms. The van der Waals surface area contributed by atoms with E-state index in [4.69, 9.17) is 9.51 Å². The molecule has 0 spiro atoms. The molecule has 4 heterocycles. The molecule has 144 valence electrons. The van der Waals surface area contributed by atoms with Crippen LogP contribution in [0.1, 0.15) is 39.8 Å². The summed E-state index contributed by atoms with van der Waals surface area (Å²) < 4.78 is 5.27. The van der Waals surface area contributed by atoms with E-state index in [9.17, 15) is 4.79 Å². The lowest BCUT2D eigenvalue weighted by molar-refractivity contribution is 0.0786. The molecule has 28 heavy (non-hydrogen) atoms. The molecule has 1 aliphatic heterocycles. The Morgan fingerprint density at radius 3 is 2.71 bits per heavy atom. The second-order valence-corrected chi connectivity index (χ2v) is 7.34. The number of pyridine rings is 1. The fourth-order valence-corrected chi connectivity index (χ4v) is 3.75. The van der Waals surface area contributed by atoms with Crippen LogP contribution in [0.15, 0.2) is 35.1 Å². The SMILES string of the molecule is Cc1ncc(C(=O)N2CCC(Cc3cccc(-c4c(C)noc4C)n3)C2)cn1. The second-order valence-electron chi connectivity index (χ2n) is 7.34. The molecule has 1 aliphatic rings. The number of carbonyl (C=O) groups is 1. The van der Waals surface area contributed by atoms with Crippen LogP contribution in [0, 0.1) is 26.7 Å². The minimum atomic E-state index is -0.0000639. The lowest BCUT2D eigenvalue weighted by Crippen LogP contribution is -2.29. The molecule has 0 radical (unpaired) electrons. The van der Waals surface area contributed by atoms with Gasteiger partial charge in [0.05, 0.1) is 22.5 Å². The maximum Gasteiger partial charge on any atom is 0.256 e. The molecule has 1 unspecified atom stereocenters. The van der Waals surface area contributed by atoms with Gasteiger partial charge in [-0.3, -0.25) is 9.78 Å². The number of nitrogens with zero attached hydrogens (tertiary/aromatic N) is 5. The fourth-order valence-electron chi connectivity index (χ4n) is 3.75. The summed E-state index contributed by atoms with van der Waals surface area (Å²) in [5.74, 6) is 1.84. The summed E-state index contributed by atoms with van der Waals surface area (Å²) in [5, 5.41) is 4.02. The maximum atomic E-state index is 12.7. The van der Waals surface area contributed by atoms with Crippen molar-refractivity contribution in [2.45, 2.75) is 33.6 Å².